The lowest BCUT2D eigenvalue weighted by Gasteiger charge is -1.97. The molecule has 0 amide bonds. The second kappa shape index (κ2) is 9.43. The van der Waals surface area contributed by atoms with Crippen molar-refractivity contribution >= 4 is 38.6 Å². The number of thiazole rings is 1. The van der Waals surface area contributed by atoms with Crippen LogP contribution in [0, 0.1) is 34.3 Å². The predicted octanol–water partition coefficient (Wildman–Crippen LogP) is 5.80. The zero-order valence-electron chi connectivity index (χ0n) is 14.3. The van der Waals surface area contributed by atoms with Crippen molar-refractivity contribution in [3.05, 3.63) is 74.7 Å². The number of nitrogens with zero attached hydrogens (tertiary/aromatic N) is 5. The minimum Gasteiger partial charge on any atom is -0.245 e. The lowest BCUT2D eigenvalue weighted by atomic mass is 10.1. The van der Waals surface area contributed by atoms with Gasteiger partial charge in [-0.1, -0.05) is 11.3 Å². The van der Waals surface area contributed by atoms with Gasteiger partial charge >= 0.3 is 0 Å². The maximum absolute atomic E-state index is 13.0. The van der Waals surface area contributed by atoms with Gasteiger partial charge in [0.2, 0.25) is 0 Å². The van der Waals surface area contributed by atoms with Crippen LogP contribution in [0.5, 0.6) is 0 Å². The molecule has 5 nitrogen and oxygen atoms in total. The Hall–Kier alpha value is -3.05. The zero-order chi connectivity index (χ0) is 20.8. The Morgan fingerprint density at radius 2 is 1.45 bits per heavy atom. The molecule has 0 atom stereocenters. The Labute approximate surface area is 180 Å². The first-order chi connectivity index (χ1) is 14.0. The molecule has 0 aliphatic rings. The van der Waals surface area contributed by atoms with Gasteiger partial charge in [-0.25, -0.2) is 13.8 Å². The molecule has 2 heterocycles. The second-order valence-corrected chi connectivity index (χ2v) is 8.46. The Morgan fingerprint density at radius 1 is 0.862 bits per heavy atom. The van der Waals surface area contributed by atoms with E-state index in [4.69, 9.17) is 10.5 Å². The van der Waals surface area contributed by atoms with Crippen molar-refractivity contribution in [3.8, 4) is 33.3 Å². The van der Waals surface area contributed by atoms with E-state index in [1.807, 2.05) is 5.38 Å². The van der Waals surface area contributed by atoms with Crippen molar-refractivity contribution in [1.29, 1.82) is 10.5 Å². The SMILES string of the molecule is N#Cc1cc(-c2nccs2)ccc1F.N#Cc1cc(-c2nnc(Br)s2)ccc1F. The largest absolute Gasteiger partial charge is 0.245 e. The Bertz CT molecular complexity index is 1230. The van der Waals surface area contributed by atoms with E-state index in [0.717, 1.165) is 10.6 Å². The van der Waals surface area contributed by atoms with Gasteiger partial charge in [0.15, 0.2) is 3.92 Å². The summed E-state index contributed by atoms with van der Waals surface area (Å²) in [6.07, 6.45) is 1.68. The molecule has 0 bridgehead atoms. The van der Waals surface area contributed by atoms with Gasteiger partial charge in [-0.05, 0) is 52.3 Å². The van der Waals surface area contributed by atoms with Gasteiger partial charge in [0, 0.05) is 22.7 Å². The summed E-state index contributed by atoms with van der Waals surface area (Å²) in [6.45, 7) is 0. The summed E-state index contributed by atoms with van der Waals surface area (Å²) in [5, 5.41) is 28.2. The van der Waals surface area contributed by atoms with Gasteiger partial charge in [0.1, 0.15) is 33.8 Å². The van der Waals surface area contributed by atoms with Gasteiger partial charge in [0.25, 0.3) is 0 Å². The van der Waals surface area contributed by atoms with Gasteiger partial charge in [-0.2, -0.15) is 10.5 Å². The molecule has 10 heteroatoms. The van der Waals surface area contributed by atoms with Crippen LogP contribution in [0.25, 0.3) is 21.1 Å². The van der Waals surface area contributed by atoms with E-state index in [9.17, 15) is 8.78 Å². The number of rotatable bonds is 2. The summed E-state index contributed by atoms with van der Waals surface area (Å²) in [5.74, 6) is -1.02. The summed E-state index contributed by atoms with van der Waals surface area (Å²) in [4.78, 5) is 4.08. The minimum atomic E-state index is -0.523. The summed E-state index contributed by atoms with van der Waals surface area (Å²) in [6, 6.07) is 12.3. The number of benzene rings is 2. The smallest absolute Gasteiger partial charge is 0.183 e. The predicted molar refractivity (Wildman–Crippen MR) is 110 cm³/mol. The molecule has 0 saturated heterocycles. The van der Waals surface area contributed by atoms with Gasteiger partial charge in [-0.3, -0.25) is 0 Å². The molecule has 4 aromatic rings. The first kappa shape index (κ1) is 20.7. The van der Waals surface area contributed by atoms with Crippen molar-refractivity contribution in [2.45, 2.75) is 0 Å². The highest BCUT2D eigenvalue weighted by molar-refractivity contribution is 9.11. The highest BCUT2D eigenvalue weighted by Gasteiger charge is 2.08. The van der Waals surface area contributed by atoms with Crippen LogP contribution in [0.3, 0.4) is 0 Å². The van der Waals surface area contributed by atoms with E-state index in [-0.39, 0.29) is 11.1 Å². The van der Waals surface area contributed by atoms with Crippen LogP contribution in [0.2, 0.25) is 0 Å². The molecular weight excluding hydrogens is 480 g/mol. The molecule has 0 aliphatic heterocycles. The monoisotopic (exact) mass is 487 g/mol. The lowest BCUT2D eigenvalue weighted by molar-refractivity contribution is 0.623. The second-order valence-electron chi connectivity index (χ2n) is 5.31. The van der Waals surface area contributed by atoms with E-state index in [0.29, 0.717) is 14.5 Å². The fraction of sp³-hybridized carbons (Fsp3) is 0. The van der Waals surface area contributed by atoms with E-state index in [2.05, 4.69) is 31.1 Å². The van der Waals surface area contributed by atoms with Gasteiger partial charge in [-0.15, -0.1) is 21.5 Å². The molecular formula is C19H8BrF2N5S2. The molecule has 0 aliphatic carbocycles. The Kier molecular flexibility index (Phi) is 6.73. The number of aromatic nitrogens is 3. The van der Waals surface area contributed by atoms with E-state index >= 15 is 0 Å². The molecule has 0 saturated carbocycles. The van der Waals surface area contributed by atoms with Crippen LogP contribution in [0.1, 0.15) is 11.1 Å². The fourth-order valence-electron chi connectivity index (χ4n) is 2.18. The fourth-order valence-corrected chi connectivity index (χ4v) is 3.92. The molecule has 0 spiro atoms. The zero-order valence-corrected chi connectivity index (χ0v) is 17.5. The summed E-state index contributed by atoms with van der Waals surface area (Å²) >= 11 is 5.97. The average molecular weight is 488 g/mol. The molecule has 0 unspecified atom stereocenters. The molecule has 0 radical (unpaired) electrons. The average Bonchev–Trinajstić information content (AvgIpc) is 3.41. The Morgan fingerprint density at radius 3 is 1.90 bits per heavy atom. The van der Waals surface area contributed by atoms with Crippen molar-refractivity contribution in [2.75, 3.05) is 0 Å². The van der Waals surface area contributed by atoms with Crippen molar-refractivity contribution < 1.29 is 8.78 Å². The molecule has 0 fully saturated rings. The standard InChI is InChI=1S/C10H5FN2S.C9H3BrFN3S/c11-9-2-1-7(5-8(9)6-12)10-13-3-4-14-10;10-9-14-13-8(15-9)5-1-2-7(11)6(3-5)4-12/h1-5H;1-3H. The van der Waals surface area contributed by atoms with E-state index in [1.165, 1.54) is 46.9 Å². The van der Waals surface area contributed by atoms with Crippen molar-refractivity contribution in [2.24, 2.45) is 0 Å². The molecule has 4 rings (SSSR count). The van der Waals surface area contributed by atoms with E-state index in [1.54, 1.807) is 30.5 Å². The molecule has 0 N–H and O–H groups in total. The Balaban J connectivity index is 0.000000166. The number of hydrogen-bond donors (Lipinski definition) is 0. The quantitative estimate of drug-likeness (QED) is 0.356. The summed E-state index contributed by atoms with van der Waals surface area (Å²) < 4.78 is 26.7. The normalized spacial score (nSPS) is 9.83. The molecule has 2 aromatic heterocycles. The first-order valence-electron chi connectivity index (χ1n) is 7.80. The molecule has 142 valence electrons. The maximum atomic E-state index is 13.0. The number of nitriles is 2. The highest BCUT2D eigenvalue weighted by Crippen LogP contribution is 2.27. The third-order valence-electron chi connectivity index (χ3n) is 3.50. The van der Waals surface area contributed by atoms with Crippen LogP contribution in [-0.2, 0) is 0 Å². The van der Waals surface area contributed by atoms with Crippen molar-refractivity contribution in [1.82, 2.24) is 15.2 Å². The maximum Gasteiger partial charge on any atom is 0.183 e. The minimum absolute atomic E-state index is 0.0128. The summed E-state index contributed by atoms with van der Waals surface area (Å²) in [5.41, 5.74) is 1.53. The van der Waals surface area contributed by atoms with Crippen LogP contribution in [0.15, 0.2) is 51.9 Å². The molecule has 29 heavy (non-hydrogen) atoms. The van der Waals surface area contributed by atoms with Crippen LogP contribution in [0.4, 0.5) is 8.78 Å². The van der Waals surface area contributed by atoms with Crippen LogP contribution in [-0.4, -0.2) is 15.2 Å². The third-order valence-corrected chi connectivity index (χ3v) is 5.73. The first-order valence-corrected chi connectivity index (χ1v) is 10.3. The van der Waals surface area contributed by atoms with Crippen LogP contribution < -0.4 is 0 Å². The summed E-state index contributed by atoms with van der Waals surface area (Å²) in [7, 11) is 0. The van der Waals surface area contributed by atoms with E-state index < -0.39 is 11.6 Å². The van der Waals surface area contributed by atoms with Crippen LogP contribution >= 0.6 is 38.6 Å². The van der Waals surface area contributed by atoms with Crippen molar-refractivity contribution in [3.63, 3.8) is 0 Å². The number of hydrogen-bond acceptors (Lipinski definition) is 7. The topological polar surface area (TPSA) is 86.2 Å². The van der Waals surface area contributed by atoms with Gasteiger partial charge in [0.05, 0.1) is 11.1 Å². The lowest BCUT2D eigenvalue weighted by Crippen LogP contribution is -1.85. The third kappa shape index (κ3) is 5.06. The number of halogens is 3. The molecule has 2 aromatic carbocycles. The van der Waals surface area contributed by atoms with Gasteiger partial charge < -0.3 is 0 Å². The highest BCUT2D eigenvalue weighted by atomic mass is 79.9.